The molecule has 1 amide bonds. The zero-order valence-electron chi connectivity index (χ0n) is 10.6. The van der Waals surface area contributed by atoms with Crippen LogP contribution in [0.4, 0.5) is 0 Å². The third kappa shape index (κ3) is 3.63. The Labute approximate surface area is 133 Å². The van der Waals surface area contributed by atoms with Crippen LogP contribution in [0.1, 0.15) is 23.7 Å². The SMILES string of the molecule is CC(N)C1CCN(C(=O)c2cccc(Br)c2Cl)C1.Cl. The van der Waals surface area contributed by atoms with Gasteiger partial charge in [-0.05, 0) is 47.3 Å². The van der Waals surface area contributed by atoms with Gasteiger partial charge in [0.25, 0.3) is 5.91 Å². The first-order valence-corrected chi connectivity index (χ1v) is 7.16. The van der Waals surface area contributed by atoms with Crippen LogP contribution in [0.5, 0.6) is 0 Å². The van der Waals surface area contributed by atoms with Gasteiger partial charge in [0, 0.05) is 23.6 Å². The maximum absolute atomic E-state index is 12.4. The van der Waals surface area contributed by atoms with E-state index in [2.05, 4.69) is 15.9 Å². The molecule has 1 heterocycles. The molecule has 1 aromatic rings. The van der Waals surface area contributed by atoms with Crippen LogP contribution in [0.15, 0.2) is 22.7 Å². The number of carbonyl (C=O) groups excluding carboxylic acids is 1. The molecule has 0 bridgehead atoms. The van der Waals surface area contributed by atoms with Gasteiger partial charge in [-0.1, -0.05) is 17.7 Å². The van der Waals surface area contributed by atoms with E-state index in [0.717, 1.165) is 24.0 Å². The van der Waals surface area contributed by atoms with Crippen LogP contribution in [-0.4, -0.2) is 29.9 Å². The highest BCUT2D eigenvalue weighted by molar-refractivity contribution is 9.10. The molecule has 3 nitrogen and oxygen atoms in total. The summed E-state index contributed by atoms with van der Waals surface area (Å²) in [7, 11) is 0. The number of benzene rings is 1. The molecular formula is C13H17BrCl2N2O. The first kappa shape index (κ1) is 16.8. The molecule has 2 atom stereocenters. The van der Waals surface area contributed by atoms with E-state index in [4.69, 9.17) is 17.3 Å². The van der Waals surface area contributed by atoms with Crippen molar-refractivity contribution < 1.29 is 4.79 Å². The van der Waals surface area contributed by atoms with Gasteiger partial charge in [-0.15, -0.1) is 12.4 Å². The molecule has 2 N–H and O–H groups in total. The minimum atomic E-state index is -0.00977. The Bertz CT molecular complexity index is 468. The average Bonchev–Trinajstić information content (AvgIpc) is 2.81. The van der Waals surface area contributed by atoms with Crippen molar-refractivity contribution in [2.75, 3.05) is 13.1 Å². The molecule has 1 saturated heterocycles. The minimum absolute atomic E-state index is 0. The Morgan fingerprint density at radius 1 is 1.58 bits per heavy atom. The van der Waals surface area contributed by atoms with Gasteiger partial charge in [0.2, 0.25) is 0 Å². The largest absolute Gasteiger partial charge is 0.338 e. The van der Waals surface area contributed by atoms with Crippen molar-refractivity contribution in [3.05, 3.63) is 33.3 Å². The third-order valence-electron chi connectivity index (χ3n) is 3.44. The van der Waals surface area contributed by atoms with Crippen molar-refractivity contribution in [1.29, 1.82) is 0 Å². The standard InChI is InChI=1S/C13H16BrClN2O.ClH/c1-8(16)9-5-6-17(7-9)13(18)10-3-2-4-11(14)12(10)15;/h2-4,8-9H,5-7,16H2,1H3;1H. The molecule has 0 aromatic heterocycles. The number of carbonyl (C=O) groups is 1. The lowest BCUT2D eigenvalue weighted by atomic mass is 10.0. The number of amides is 1. The number of hydrogen-bond donors (Lipinski definition) is 1. The summed E-state index contributed by atoms with van der Waals surface area (Å²) in [4.78, 5) is 14.2. The topological polar surface area (TPSA) is 46.3 Å². The fourth-order valence-electron chi connectivity index (χ4n) is 2.24. The summed E-state index contributed by atoms with van der Waals surface area (Å²) in [5.74, 6) is 0.379. The van der Waals surface area contributed by atoms with Crippen LogP contribution in [-0.2, 0) is 0 Å². The van der Waals surface area contributed by atoms with Crippen molar-refractivity contribution in [3.8, 4) is 0 Å². The number of halogens is 3. The lowest BCUT2D eigenvalue weighted by molar-refractivity contribution is 0.0786. The molecule has 0 spiro atoms. The molecule has 1 fully saturated rings. The summed E-state index contributed by atoms with van der Waals surface area (Å²) in [5, 5.41) is 0.478. The Kier molecular flexibility index (Phi) is 6.12. The van der Waals surface area contributed by atoms with Crippen LogP contribution in [0.2, 0.25) is 5.02 Å². The molecule has 1 aromatic carbocycles. The molecule has 2 rings (SSSR count). The Morgan fingerprint density at radius 3 is 2.84 bits per heavy atom. The normalized spacial score (nSPS) is 20.0. The second-order valence-corrected chi connectivity index (χ2v) is 5.99. The van der Waals surface area contributed by atoms with E-state index in [-0.39, 0.29) is 24.4 Å². The van der Waals surface area contributed by atoms with Gasteiger partial charge in [-0.3, -0.25) is 4.79 Å². The highest BCUT2D eigenvalue weighted by atomic mass is 79.9. The summed E-state index contributed by atoms with van der Waals surface area (Å²) in [6.07, 6.45) is 0.967. The fourth-order valence-corrected chi connectivity index (χ4v) is 2.81. The van der Waals surface area contributed by atoms with Crippen molar-refractivity contribution >= 4 is 45.8 Å². The molecule has 0 radical (unpaired) electrons. The van der Waals surface area contributed by atoms with Crippen LogP contribution in [0.3, 0.4) is 0 Å². The fraction of sp³-hybridized carbons (Fsp3) is 0.462. The third-order valence-corrected chi connectivity index (χ3v) is 4.73. The van der Waals surface area contributed by atoms with Crippen LogP contribution in [0, 0.1) is 5.92 Å². The van der Waals surface area contributed by atoms with Gasteiger partial charge >= 0.3 is 0 Å². The van der Waals surface area contributed by atoms with Crippen LogP contribution < -0.4 is 5.73 Å². The second-order valence-electron chi connectivity index (χ2n) is 4.76. The molecule has 6 heteroatoms. The monoisotopic (exact) mass is 366 g/mol. The van der Waals surface area contributed by atoms with E-state index >= 15 is 0 Å². The Morgan fingerprint density at radius 2 is 2.26 bits per heavy atom. The van der Waals surface area contributed by atoms with E-state index in [1.165, 1.54) is 0 Å². The summed E-state index contributed by atoms with van der Waals surface area (Å²) in [6, 6.07) is 5.53. The van der Waals surface area contributed by atoms with Crippen molar-refractivity contribution in [2.45, 2.75) is 19.4 Å². The van der Waals surface area contributed by atoms with Crippen molar-refractivity contribution in [3.63, 3.8) is 0 Å². The molecule has 2 unspecified atom stereocenters. The van der Waals surface area contributed by atoms with Gasteiger partial charge in [-0.2, -0.15) is 0 Å². The van der Waals surface area contributed by atoms with E-state index in [9.17, 15) is 4.79 Å². The van der Waals surface area contributed by atoms with E-state index in [0.29, 0.717) is 16.5 Å². The molecule has 1 aliphatic rings. The summed E-state index contributed by atoms with van der Waals surface area (Å²) < 4.78 is 0.748. The number of hydrogen-bond acceptors (Lipinski definition) is 2. The Hall–Kier alpha value is -0.290. The van der Waals surface area contributed by atoms with Gasteiger partial charge < -0.3 is 10.6 Å². The van der Waals surface area contributed by atoms with Gasteiger partial charge in [0.05, 0.1) is 10.6 Å². The first-order valence-electron chi connectivity index (χ1n) is 5.99. The predicted octanol–water partition coefficient (Wildman–Crippen LogP) is 3.33. The molecular weight excluding hydrogens is 351 g/mol. The van der Waals surface area contributed by atoms with E-state index in [1.54, 1.807) is 6.07 Å². The summed E-state index contributed by atoms with van der Waals surface area (Å²) in [6.45, 7) is 3.47. The predicted molar refractivity (Wildman–Crippen MR) is 84.1 cm³/mol. The highest BCUT2D eigenvalue weighted by Gasteiger charge is 2.29. The van der Waals surface area contributed by atoms with E-state index < -0.39 is 0 Å². The molecule has 0 aliphatic carbocycles. The maximum atomic E-state index is 12.4. The summed E-state index contributed by atoms with van der Waals surface area (Å²) >= 11 is 9.48. The molecule has 19 heavy (non-hydrogen) atoms. The smallest absolute Gasteiger partial charge is 0.255 e. The molecule has 0 saturated carbocycles. The molecule has 106 valence electrons. The van der Waals surface area contributed by atoms with Crippen LogP contribution >= 0.6 is 39.9 Å². The van der Waals surface area contributed by atoms with Crippen molar-refractivity contribution in [2.24, 2.45) is 11.7 Å². The van der Waals surface area contributed by atoms with Gasteiger partial charge in [-0.25, -0.2) is 0 Å². The number of rotatable bonds is 2. The van der Waals surface area contributed by atoms with E-state index in [1.807, 2.05) is 24.0 Å². The lowest BCUT2D eigenvalue weighted by Gasteiger charge is -2.19. The van der Waals surface area contributed by atoms with Gasteiger partial charge in [0.15, 0.2) is 0 Å². The van der Waals surface area contributed by atoms with Gasteiger partial charge in [0.1, 0.15) is 0 Å². The number of likely N-dealkylation sites (tertiary alicyclic amines) is 1. The Balaban J connectivity index is 0.00000180. The van der Waals surface area contributed by atoms with Crippen LogP contribution in [0.25, 0.3) is 0 Å². The second kappa shape index (κ2) is 6.93. The number of nitrogens with two attached hydrogens (primary N) is 1. The molecule has 1 aliphatic heterocycles. The zero-order chi connectivity index (χ0) is 13.3. The lowest BCUT2D eigenvalue weighted by Crippen LogP contribution is -2.33. The number of nitrogens with zero attached hydrogens (tertiary/aromatic N) is 1. The zero-order valence-corrected chi connectivity index (χ0v) is 13.8. The minimum Gasteiger partial charge on any atom is -0.338 e. The first-order chi connectivity index (χ1) is 8.50. The summed E-state index contributed by atoms with van der Waals surface area (Å²) in [5.41, 5.74) is 6.43. The van der Waals surface area contributed by atoms with Crippen molar-refractivity contribution in [1.82, 2.24) is 4.90 Å². The quantitative estimate of drug-likeness (QED) is 0.871. The highest BCUT2D eigenvalue weighted by Crippen LogP contribution is 2.28. The maximum Gasteiger partial charge on any atom is 0.255 e. The average molecular weight is 368 g/mol.